The van der Waals surface area contributed by atoms with Gasteiger partial charge in [-0.05, 0) is 34.1 Å². The van der Waals surface area contributed by atoms with Crippen LogP contribution in [0.25, 0.3) is 0 Å². The number of carbonyl (C=O) groups is 1. The Morgan fingerprint density at radius 2 is 1.92 bits per heavy atom. The molecule has 0 fully saturated rings. The predicted molar refractivity (Wildman–Crippen MR) is 46.8 cm³/mol. The third-order valence-electron chi connectivity index (χ3n) is 1.14. The SMILES string of the molecule is C[CH][C@H](C)OC(=O)OC(C)(C)C. The Bertz CT molecular complexity index is 146. The van der Waals surface area contributed by atoms with Gasteiger partial charge in [0.2, 0.25) is 0 Å². The van der Waals surface area contributed by atoms with Crippen molar-refractivity contribution in [2.75, 3.05) is 0 Å². The van der Waals surface area contributed by atoms with E-state index in [0.717, 1.165) is 0 Å². The molecule has 0 aromatic carbocycles. The molecule has 0 aliphatic heterocycles. The second kappa shape index (κ2) is 4.33. The van der Waals surface area contributed by atoms with E-state index in [1.165, 1.54) is 0 Å². The van der Waals surface area contributed by atoms with Gasteiger partial charge in [0.05, 0.1) is 0 Å². The summed E-state index contributed by atoms with van der Waals surface area (Å²) in [5.41, 5.74) is -0.482. The first-order valence-corrected chi connectivity index (χ1v) is 4.04. The van der Waals surface area contributed by atoms with Crippen molar-refractivity contribution in [1.82, 2.24) is 0 Å². The Kier molecular flexibility index (Phi) is 4.07. The van der Waals surface area contributed by atoms with Gasteiger partial charge in [0.25, 0.3) is 0 Å². The maximum atomic E-state index is 11.0. The summed E-state index contributed by atoms with van der Waals surface area (Å²) in [6.07, 6.45) is 0.970. The summed E-state index contributed by atoms with van der Waals surface area (Å²) in [4.78, 5) is 11.0. The van der Waals surface area contributed by atoms with Gasteiger partial charge in [-0.15, -0.1) is 0 Å². The molecule has 1 atom stereocenters. The largest absolute Gasteiger partial charge is 0.509 e. The lowest BCUT2D eigenvalue weighted by Gasteiger charge is -2.20. The molecule has 0 unspecified atom stereocenters. The molecule has 0 spiro atoms. The van der Waals surface area contributed by atoms with E-state index in [9.17, 15) is 4.79 Å². The van der Waals surface area contributed by atoms with Crippen LogP contribution in [0.15, 0.2) is 0 Å². The van der Waals surface area contributed by atoms with E-state index in [4.69, 9.17) is 9.47 Å². The van der Waals surface area contributed by atoms with Crippen LogP contribution in [0, 0.1) is 6.42 Å². The summed E-state index contributed by atoms with van der Waals surface area (Å²) >= 11 is 0. The van der Waals surface area contributed by atoms with Crippen LogP contribution in [0.5, 0.6) is 0 Å². The van der Waals surface area contributed by atoms with Gasteiger partial charge in [-0.3, -0.25) is 0 Å². The van der Waals surface area contributed by atoms with Crippen molar-refractivity contribution in [3.63, 3.8) is 0 Å². The smallest absolute Gasteiger partial charge is 0.431 e. The first-order valence-electron chi connectivity index (χ1n) is 4.04. The lowest BCUT2D eigenvalue weighted by atomic mass is 10.2. The Morgan fingerprint density at radius 3 is 2.25 bits per heavy atom. The van der Waals surface area contributed by atoms with Crippen LogP contribution in [0.2, 0.25) is 0 Å². The minimum atomic E-state index is -0.618. The molecule has 0 aromatic rings. The van der Waals surface area contributed by atoms with Gasteiger partial charge in [-0.25, -0.2) is 4.79 Å². The zero-order valence-electron chi connectivity index (χ0n) is 8.38. The zero-order valence-corrected chi connectivity index (χ0v) is 8.38. The van der Waals surface area contributed by atoms with E-state index >= 15 is 0 Å². The monoisotopic (exact) mass is 173 g/mol. The van der Waals surface area contributed by atoms with Crippen molar-refractivity contribution in [2.45, 2.75) is 46.3 Å². The Morgan fingerprint density at radius 1 is 1.42 bits per heavy atom. The molecule has 0 rings (SSSR count). The van der Waals surface area contributed by atoms with Crippen molar-refractivity contribution >= 4 is 6.16 Å². The molecule has 12 heavy (non-hydrogen) atoms. The maximum absolute atomic E-state index is 11.0. The highest BCUT2D eigenvalue weighted by molar-refractivity contribution is 5.60. The van der Waals surface area contributed by atoms with Crippen molar-refractivity contribution in [3.05, 3.63) is 6.42 Å². The molecule has 3 heteroatoms. The average molecular weight is 173 g/mol. The fourth-order valence-corrected chi connectivity index (χ4v) is 0.494. The van der Waals surface area contributed by atoms with Gasteiger partial charge < -0.3 is 9.47 Å². The molecule has 0 heterocycles. The number of ether oxygens (including phenoxy) is 2. The van der Waals surface area contributed by atoms with E-state index in [1.807, 2.05) is 6.92 Å². The Labute approximate surface area is 74.0 Å². The quantitative estimate of drug-likeness (QED) is 0.602. The van der Waals surface area contributed by atoms with Crippen molar-refractivity contribution in [2.24, 2.45) is 0 Å². The minimum Gasteiger partial charge on any atom is -0.431 e. The van der Waals surface area contributed by atoms with Crippen molar-refractivity contribution in [3.8, 4) is 0 Å². The molecule has 0 amide bonds. The fourth-order valence-electron chi connectivity index (χ4n) is 0.494. The number of carbonyl (C=O) groups excluding carboxylic acids is 1. The van der Waals surface area contributed by atoms with E-state index < -0.39 is 11.8 Å². The Hall–Kier alpha value is -0.730. The van der Waals surface area contributed by atoms with E-state index in [1.54, 1.807) is 34.1 Å². The van der Waals surface area contributed by atoms with Gasteiger partial charge in [0.15, 0.2) is 0 Å². The van der Waals surface area contributed by atoms with Crippen LogP contribution in [-0.4, -0.2) is 17.9 Å². The molecule has 0 bridgehead atoms. The van der Waals surface area contributed by atoms with Crippen molar-refractivity contribution < 1.29 is 14.3 Å². The molecular weight excluding hydrogens is 156 g/mol. The third-order valence-corrected chi connectivity index (χ3v) is 1.14. The standard InChI is InChI=1S/C9H17O3/c1-6-7(2)11-8(10)12-9(3,4)5/h6-7H,1-5H3/t7-/m0/s1. The van der Waals surface area contributed by atoms with Crippen LogP contribution >= 0.6 is 0 Å². The molecule has 3 nitrogen and oxygen atoms in total. The van der Waals surface area contributed by atoms with Crippen LogP contribution in [0.3, 0.4) is 0 Å². The van der Waals surface area contributed by atoms with E-state index in [2.05, 4.69) is 0 Å². The Balaban J connectivity index is 3.75. The molecule has 0 saturated heterocycles. The average Bonchev–Trinajstić information content (AvgIpc) is 1.82. The van der Waals surface area contributed by atoms with Gasteiger partial charge in [0, 0.05) is 0 Å². The summed E-state index contributed by atoms with van der Waals surface area (Å²) in [7, 11) is 0. The normalized spacial score (nSPS) is 13.8. The van der Waals surface area contributed by atoms with Crippen LogP contribution in [0.1, 0.15) is 34.6 Å². The summed E-state index contributed by atoms with van der Waals surface area (Å²) in [6.45, 7) is 9.01. The first-order chi connectivity index (χ1) is 5.35. The lowest BCUT2D eigenvalue weighted by molar-refractivity contribution is -0.0177. The number of hydrogen-bond donors (Lipinski definition) is 0. The topological polar surface area (TPSA) is 35.5 Å². The lowest BCUT2D eigenvalue weighted by Crippen LogP contribution is -2.26. The molecule has 0 saturated carbocycles. The molecule has 0 aromatic heterocycles. The highest BCUT2D eigenvalue weighted by atomic mass is 16.7. The summed E-state index contributed by atoms with van der Waals surface area (Å²) in [5.74, 6) is 0. The molecule has 0 aliphatic carbocycles. The highest BCUT2D eigenvalue weighted by Gasteiger charge is 2.18. The summed E-state index contributed by atoms with van der Waals surface area (Å²) in [6, 6.07) is 0. The third kappa shape index (κ3) is 6.01. The van der Waals surface area contributed by atoms with Crippen molar-refractivity contribution in [1.29, 1.82) is 0 Å². The van der Waals surface area contributed by atoms with Gasteiger partial charge in [-0.2, -0.15) is 0 Å². The molecule has 1 radical (unpaired) electrons. The zero-order chi connectivity index (χ0) is 9.78. The number of hydrogen-bond acceptors (Lipinski definition) is 3. The molecule has 0 aliphatic rings. The fraction of sp³-hybridized carbons (Fsp3) is 0.778. The molecular formula is C9H17O3. The first kappa shape index (κ1) is 11.3. The maximum Gasteiger partial charge on any atom is 0.509 e. The van der Waals surface area contributed by atoms with Gasteiger partial charge in [-0.1, -0.05) is 6.92 Å². The van der Waals surface area contributed by atoms with Crippen LogP contribution < -0.4 is 0 Å². The predicted octanol–water partition coefficient (Wildman–Crippen LogP) is 2.55. The highest BCUT2D eigenvalue weighted by Crippen LogP contribution is 2.09. The second-order valence-corrected chi connectivity index (χ2v) is 3.62. The molecule has 0 N–H and O–H groups in total. The van der Waals surface area contributed by atoms with Gasteiger partial charge >= 0.3 is 6.16 Å². The van der Waals surface area contributed by atoms with Crippen LogP contribution in [0.4, 0.5) is 4.79 Å². The minimum absolute atomic E-state index is 0.195. The number of rotatable bonds is 2. The summed E-state index contributed by atoms with van der Waals surface area (Å²) in [5, 5.41) is 0. The van der Waals surface area contributed by atoms with Crippen LogP contribution in [-0.2, 0) is 9.47 Å². The van der Waals surface area contributed by atoms with E-state index in [-0.39, 0.29) is 6.10 Å². The molecule has 71 valence electrons. The van der Waals surface area contributed by atoms with Gasteiger partial charge in [0.1, 0.15) is 11.7 Å². The summed E-state index contributed by atoms with van der Waals surface area (Å²) < 4.78 is 9.79. The van der Waals surface area contributed by atoms with E-state index in [0.29, 0.717) is 0 Å². The second-order valence-electron chi connectivity index (χ2n) is 3.62.